The van der Waals surface area contributed by atoms with E-state index >= 15 is 0 Å². The number of likely N-dealkylation sites (tertiary alicyclic amines) is 1. The van der Waals surface area contributed by atoms with Gasteiger partial charge in [-0.1, -0.05) is 48.5 Å². The maximum Gasteiger partial charge on any atom is 0.208 e. The second-order valence-electron chi connectivity index (χ2n) is 9.46. The van der Waals surface area contributed by atoms with Gasteiger partial charge >= 0.3 is 0 Å². The van der Waals surface area contributed by atoms with Crippen molar-refractivity contribution < 1.29 is 12.8 Å². The summed E-state index contributed by atoms with van der Waals surface area (Å²) in [6.45, 7) is 3.99. The molecule has 4 aromatic rings. The molecular formula is C28H26FN3O2S. The zero-order valence-corrected chi connectivity index (χ0v) is 20.0. The van der Waals surface area contributed by atoms with Gasteiger partial charge in [-0.15, -0.1) is 0 Å². The van der Waals surface area contributed by atoms with E-state index in [1.165, 1.54) is 36.4 Å². The molecule has 5 nitrogen and oxygen atoms in total. The smallest absolute Gasteiger partial charge is 0.208 e. The Morgan fingerprint density at radius 3 is 2.57 bits per heavy atom. The molecule has 6 rings (SSSR count). The number of sulfone groups is 1. The van der Waals surface area contributed by atoms with Crippen molar-refractivity contribution in [3.63, 3.8) is 0 Å². The van der Waals surface area contributed by atoms with Crippen molar-refractivity contribution in [2.45, 2.75) is 28.8 Å². The van der Waals surface area contributed by atoms with Gasteiger partial charge in [0.25, 0.3) is 0 Å². The predicted molar refractivity (Wildman–Crippen MR) is 135 cm³/mol. The van der Waals surface area contributed by atoms with Gasteiger partial charge in [0.05, 0.1) is 21.0 Å². The summed E-state index contributed by atoms with van der Waals surface area (Å²) in [5.41, 5.74) is 3.16. The summed E-state index contributed by atoms with van der Waals surface area (Å²) >= 11 is 0. The molecule has 0 bridgehead atoms. The molecule has 0 N–H and O–H groups in total. The topological polar surface area (TPSA) is 53.5 Å². The van der Waals surface area contributed by atoms with Crippen LogP contribution in [0.3, 0.4) is 0 Å². The molecule has 2 aliphatic rings. The Morgan fingerprint density at radius 2 is 1.74 bits per heavy atom. The first-order valence-electron chi connectivity index (χ1n) is 11.9. The average Bonchev–Trinajstić information content (AvgIpc) is 3.46. The number of rotatable bonds is 5. The van der Waals surface area contributed by atoms with Gasteiger partial charge in [0.2, 0.25) is 9.84 Å². The van der Waals surface area contributed by atoms with E-state index in [4.69, 9.17) is 0 Å². The van der Waals surface area contributed by atoms with E-state index in [0.29, 0.717) is 12.0 Å². The van der Waals surface area contributed by atoms with E-state index in [1.807, 2.05) is 12.1 Å². The van der Waals surface area contributed by atoms with Crippen LogP contribution in [0.15, 0.2) is 94.9 Å². The molecule has 178 valence electrons. The molecule has 1 aromatic heterocycles. The number of benzene rings is 3. The van der Waals surface area contributed by atoms with Crippen molar-refractivity contribution in [3.05, 3.63) is 96.4 Å². The first-order chi connectivity index (χ1) is 17.0. The number of aromatic nitrogens is 1. The monoisotopic (exact) mass is 487 g/mol. The summed E-state index contributed by atoms with van der Waals surface area (Å²) in [5, 5.41) is 0.762. The molecule has 0 spiro atoms. The largest absolute Gasteiger partial charge is 0.368 e. The van der Waals surface area contributed by atoms with Crippen LogP contribution in [0.25, 0.3) is 10.9 Å². The Kier molecular flexibility index (Phi) is 5.54. The Bertz CT molecular complexity index is 1490. The summed E-state index contributed by atoms with van der Waals surface area (Å²) in [5.74, 6) is 0.0320. The van der Waals surface area contributed by atoms with Crippen LogP contribution >= 0.6 is 0 Å². The maximum absolute atomic E-state index is 13.6. The number of fused-ring (bicyclic) bond motifs is 2. The van der Waals surface area contributed by atoms with Gasteiger partial charge in [0, 0.05) is 37.3 Å². The quantitative estimate of drug-likeness (QED) is 0.400. The fraction of sp³-hybridized carbons (Fsp3) is 0.250. The van der Waals surface area contributed by atoms with Gasteiger partial charge in [-0.2, -0.15) is 0 Å². The van der Waals surface area contributed by atoms with Gasteiger partial charge in [-0.25, -0.2) is 12.8 Å². The van der Waals surface area contributed by atoms with Gasteiger partial charge in [-0.3, -0.25) is 9.88 Å². The normalized spacial score (nSPS) is 20.4. The standard InChI is InChI=1S/C28H26FN3O2S/c29-23-9-5-10-24(15-23)35(33,34)25-14-21-8-4-11-26(28(21)30-16-25)32-18-22-12-13-31(27(22)19-32)17-20-6-2-1-3-7-20/h1-11,14-16,22,27H,12-13,17-19H2/t22-,27+/m0/s1. The summed E-state index contributed by atoms with van der Waals surface area (Å²) < 4.78 is 39.8. The van der Waals surface area contributed by atoms with E-state index in [1.54, 1.807) is 6.07 Å². The number of halogens is 1. The molecule has 2 aliphatic heterocycles. The summed E-state index contributed by atoms with van der Waals surface area (Å²) in [6.07, 6.45) is 2.58. The zero-order chi connectivity index (χ0) is 24.0. The highest BCUT2D eigenvalue weighted by Crippen LogP contribution is 2.37. The van der Waals surface area contributed by atoms with Crippen LogP contribution in [0.2, 0.25) is 0 Å². The number of hydrogen-bond acceptors (Lipinski definition) is 5. The molecule has 0 saturated carbocycles. The second kappa shape index (κ2) is 8.73. The van der Waals surface area contributed by atoms with E-state index in [2.05, 4.69) is 51.2 Å². The molecule has 0 unspecified atom stereocenters. The van der Waals surface area contributed by atoms with Crippen molar-refractivity contribution in [2.24, 2.45) is 5.92 Å². The van der Waals surface area contributed by atoms with Crippen LogP contribution in [-0.2, 0) is 16.4 Å². The Balaban J connectivity index is 1.27. The van der Waals surface area contributed by atoms with Crippen LogP contribution in [0.1, 0.15) is 12.0 Å². The Morgan fingerprint density at radius 1 is 0.914 bits per heavy atom. The highest BCUT2D eigenvalue weighted by molar-refractivity contribution is 7.91. The summed E-state index contributed by atoms with van der Waals surface area (Å²) in [7, 11) is -3.86. The van der Waals surface area contributed by atoms with Gasteiger partial charge < -0.3 is 4.90 Å². The minimum atomic E-state index is -3.86. The number of hydrogen-bond donors (Lipinski definition) is 0. The summed E-state index contributed by atoms with van der Waals surface area (Å²) in [6, 6.07) is 23.7. The molecule has 3 aromatic carbocycles. The van der Waals surface area contributed by atoms with Crippen LogP contribution in [0.4, 0.5) is 10.1 Å². The van der Waals surface area contributed by atoms with E-state index in [9.17, 15) is 12.8 Å². The van der Waals surface area contributed by atoms with Crippen LogP contribution in [-0.4, -0.2) is 44.0 Å². The lowest BCUT2D eigenvalue weighted by Crippen LogP contribution is -2.34. The lowest BCUT2D eigenvalue weighted by Gasteiger charge is -2.26. The second-order valence-corrected chi connectivity index (χ2v) is 11.4. The molecule has 2 saturated heterocycles. The zero-order valence-electron chi connectivity index (χ0n) is 19.2. The molecule has 2 atom stereocenters. The average molecular weight is 488 g/mol. The van der Waals surface area contributed by atoms with Gasteiger partial charge in [0.1, 0.15) is 5.82 Å². The van der Waals surface area contributed by atoms with Crippen LogP contribution in [0, 0.1) is 11.7 Å². The van der Waals surface area contributed by atoms with Crippen molar-refractivity contribution in [1.29, 1.82) is 0 Å². The molecule has 0 radical (unpaired) electrons. The van der Waals surface area contributed by atoms with Gasteiger partial charge in [0.15, 0.2) is 0 Å². The Hall–Kier alpha value is -3.29. The lowest BCUT2D eigenvalue weighted by atomic mass is 10.0. The lowest BCUT2D eigenvalue weighted by molar-refractivity contribution is 0.246. The molecule has 7 heteroatoms. The molecule has 0 amide bonds. The molecular weight excluding hydrogens is 461 g/mol. The number of pyridine rings is 1. The van der Waals surface area contributed by atoms with Gasteiger partial charge in [-0.05, 0) is 54.8 Å². The minimum absolute atomic E-state index is 0.0688. The summed E-state index contributed by atoms with van der Waals surface area (Å²) in [4.78, 5) is 9.57. The number of anilines is 1. The Labute approximate surface area is 204 Å². The first kappa shape index (κ1) is 22.2. The maximum atomic E-state index is 13.6. The van der Waals surface area contributed by atoms with Crippen molar-refractivity contribution in [3.8, 4) is 0 Å². The highest BCUT2D eigenvalue weighted by Gasteiger charge is 2.41. The number of para-hydroxylation sites is 1. The van der Waals surface area contributed by atoms with E-state index in [-0.39, 0.29) is 9.79 Å². The van der Waals surface area contributed by atoms with Crippen LogP contribution < -0.4 is 4.90 Å². The van der Waals surface area contributed by atoms with E-state index in [0.717, 1.165) is 48.8 Å². The van der Waals surface area contributed by atoms with Crippen molar-refractivity contribution in [2.75, 3.05) is 24.5 Å². The third-order valence-electron chi connectivity index (χ3n) is 7.31. The van der Waals surface area contributed by atoms with Crippen LogP contribution in [0.5, 0.6) is 0 Å². The fourth-order valence-corrected chi connectivity index (χ4v) is 6.83. The third-order valence-corrected chi connectivity index (χ3v) is 9.03. The SMILES string of the molecule is O=S(=O)(c1cccc(F)c1)c1cnc2c(N3C[C@@H]4CCN(Cc5ccccc5)[C@@H]4C3)cccc2c1. The van der Waals surface area contributed by atoms with E-state index < -0.39 is 15.7 Å². The molecule has 3 heterocycles. The number of nitrogens with zero attached hydrogens (tertiary/aromatic N) is 3. The highest BCUT2D eigenvalue weighted by atomic mass is 32.2. The van der Waals surface area contributed by atoms with Crippen molar-refractivity contribution in [1.82, 2.24) is 9.88 Å². The molecule has 2 fully saturated rings. The fourth-order valence-electron chi connectivity index (χ4n) is 5.56. The molecule has 0 aliphatic carbocycles. The minimum Gasteiger partial charge on any atom is -0.368 e. The predicted octanol–water partition coefficient (Wildman–Crippen LogP) is 4.92. The third kappa shape index (κ3) is 4.09. The molecule has 35 heavy (non-hydrogen) atoms. The first-order valence-corrected chi connectivity index (χ1v) is 13.4. The van der Waals surface area contributed by atoms with Crippen molar-refractivity contribution >= 4 is 26.4 Å².